The summed E-state index contributed by atoms with van der Waals surface area (Å²) < 4.78 is 13.6. The lowest BCUT2D eigenvalue weighted by Gasteiger charge is -2.37. The zero-order chi connectivity index (χ0) is 17.7. The average Bonchev–Trinajstić information content (AvgIpc) is 3.29. The zero-order valence-electron chi connectivity index (χ0n) is 14.7. The number of hydrogen-bond donors (Lipinski definition) is 2. The topological polar surface area (TPSA) is 33.8 Å². The van der Waals surface area contributed by atoms with E-state index in [0.717, 1.165) is 31.9 Å². The van der Waals surface area contributed by atoms with Gasteiger partial charge in [0, 0.05) is 37.4 Å². The Morgan fingerprint density at radius 3 is 3.04 bits per heavy atom. The number of piperazine rings is 1. The Hall–Kier alpha value is -2.73. The minimum absolute atomic E-state index is 0.144. The van der Waals surface area contributed by atoms with Gasteiger partial charge in [0.2, 0.25) is 0 Å². The molecule has 1 atom stereocenters. The van der Waals surface area contributed by atoms with Gasteiger partial charge in [0.1, 0.15) is 12.0 Å². The number of aryl methyl sites for hydroxylation is 1. The van der Waals surface area contributed by atoms with E-state index in [2.05, 4.69) is 50.1 Å². The number of nitrogens with zero attached hydrogens (tertiary/aromatic N) is 3. The fourth-order valence-electron chi connectivity index (χ4n) is 3.99. The summed E-state index contributed by atoms with van der Waals surface area (Å²) in [4.78, 5) is 4.52. The molecule has 6 heteroatoms. The standard InChI is InChI=1S/C20H22FN5/c1-14-10-16(3-4-18(14)21)24-8-9-26-19(13-24)17(11-23-26)15-2-5-20-22-6-7-25(20)12-15/h2-7,10,12,20,22-23H,8-9,11,13H2,1H3. The molecule has 4 aliphatic heterocycles. The van der Waals surface area contributed by atoms with Gasteiger partial charge in [-0.3, -0.25) is 0 Å². The largest absolute Gasteiger partial charge is 0.366 e. The van der Waals surface area contributed by atoms with Crippen LogP contribution in [0, 0.1) is 12.7 Å². The molecule has 26 heavy (non-hydrogen) atoms. The van der Waals surface area contributed by atoms with E-state index in [9.17, 15) is 4.39 Å². The van der Waals surface area contributed by atoms with Crippen LogP contribution in [0.4, 0.5) is 10.1 Å². The van der Waals surface area contributed by atoms with Crippen molar-refractivity contribution in [1.29, 1.82) is 0 Å². The van der Waals surface area contributed by atoms with Crippen molar-refractivity contribution in [2.24, 2.45) is 0 Å². The van der Waals surface area contributed by atoms with E-state index >= 15 is 0 Å². The summed E-state index contributed by atoms with van der Waals surface area (Å²) in [6, 6.07) is 5.39. The van der Waals surface area contributed by atoms with Crippen molar-refractivity contribution in [3.05, 3.63) is 77.2 Å². The number of halogens is 1. The van der Waals surface area contributed by atoms with Crippen LogP contribution in [0.2, 0.25) is 0 Å². The molecule has 0 saturated carbocycles. The van der Waals surface area contributed by atoms with E-state index in [0.29, 0.717) is 5.56 Å². The van der Waals surface area contributed by atoms with Crippen molar-refractivity contribution < 1.29 is 4.39 Å². The van der Waals surface area contributed by atoms with Crippen LogP contribution in [0.1, 0.15) is 5.56 Å². The molecule has 0 aliphatic carbocycles. The Morgan fingerprint density at radius 1 is 1.23 bits per heavy atom. The van der Waals surface area contributed by atoms with Crippen LogP contribution in [-0.2, 0) is 0 Å². The number of allylic oxidation sites excluding steroid dienone is 1. The van der Waals surface area contributed by atoms with Crippen molar-refractivity contribution in [3.63, 3.8) is 0 Å². The molecule has 0 radical (unpaired) electrons. The Bertz CT molecular complexity index is 869. The lowest BCUT2D eigenvalue weighted by molar-refractivity contribution is 0.263. The molecule has 4 heterocycles. The molecule has 1 aromatic rings. The molecule has 0 spiro atoms. The van der Waals surface area contributed by atoms with Crippen LogP contribution < -0.4 is 15.6 Å². The second-order valence-electron chi connectivity index (χ2n) is 7.08. The fourth-order valence-corrected chi connectivity index (χ4v) is 3.99. The number of benzene rings is 1. The highest BCUT2D eigenvalue weighted by molar-refractivity contribution is 5.54. The fraction of sp³-hybridized carbons (Fsp3) is 0.300. The third kappa shape index (κ3) is 2.49. The molecule has 134 valence electrons. The van der Waals surface area contributed by atoms with Gasteiger partial charge in [0.05, 0.1) is 18.8 Å². The summed E-state index contributed by atoms with van der Waals surface area (Å²) in [6.45, 7) is 5.33. The van der Waals surface area contributed by atoms with Gasteiger partial charge < -0.3 is 20.1 Å². The highest BCUT2D eigenvalue weighted by Gasteiger charge is 2.31. The average molecular weight is 351 g/mol. The van der Waals surface area contributed by atoms with Crippen LogP contribution in [0.5, 0.6) is 0 Å². The van der Waals surface area contributed by atoms with Gasteiger partial charge in [-0.2, -0.15) is 0 Å². The summed E-state index contributed by atoms with van der Waals surface area (Å²) in [7, 11) is 0. The molecule has 0 bridgehead atoms. The molecule has 0 aromatic heterocycles. The zero-order valence-corrected chi connectivity index (χ0v) is 14.7. The summed E-state index contributed by atoms with van der Waals surface area (Å²) in [6.07, 6.45) is 10.9. The third-order valence-corrected chi connectivity index (χ3v) is 5.49. The minimum atomic E-state index is -0.144. The molecule has 5 rings (SSSR count). The van der Waals surface area contributed by atoms with Crippen molar-refractivity contribution >= 4 is 5.69 Å². The molecule has 1 saturated heterocycles. The van der Waals surface area contributed by atoms with Gasteiger partial charge in [-0.05, 0) is 47.9 Å². The van der Waals surface area contributed by atoms with E-state index in [1.807, 2.05) is 25.3 Å². The van der Waals surface area contributed by atoms with E-state index in [-0.39, 0.29) is 12.0 Å². The maximum Gasteiger partial charge on any atom is 0.126 e. The molecule has 2 N–H and O–H groups in total. The number of hydrazine groups is 1. The first-order chi connectivity index (χ1) is 12.7. The van der Waals surface area contributed by atoms with Gasteiger partial charge in [0.15, 0.2) is 0 Å². The number of fused-ring (bicyclic) bond motifs is 2. The molecule has 0 amide bonds. The van der Waals surface area contributed by atoms with Crippen LogP contribution in [0.25, 0.3) is 0 Å². The maximum absolute atomic E-state index is 13.6. The van der Waals surface area contributed by atoms with Gasteiger partial charge in [0.25, 0.3) is 0 Å². The Kier molecular flexibility index (Phi) is 3.53. The first-order valence-corrected chi connectivity index (χ1v) is 9.04. The Morgan fingerprint density at radius 2 is 2.15 bits per heavy atom. The van der Waals surface area contributed by atoms with Gasteiger partial charge in [-0.25, -0.2) is 9.82 Å². The van der Waals surface area contributed by atoms with Crippen molar-refractivity contribution in [3.8, 4) is 0 Å². The monoisotopic (exact) mass is 351 g/mol. The molecule has 5 nitrogen and oxygen atoms in total. The Balaban J connectivity index is 1.45. The molecule has 1 aromatic carbocycles. The van der Waals surface area contributed by atoms with Crippen molar-refractivity contribution in [2.75, 3.05) is 31.1 Å². The number of nitrogens with one attached hydrogen (secondary N) is 2. The van der Waals surface area contributed by atoms with Gasteiger partial charge >= 0.3 is 0 Å². The predicted molar refractivity (Wildman–Crippen MR) is 100 cm³/mol. The molecular weight excluding hydrogens is 329 g/mol. The predicted octanol–water partition coefficient (Wildman–Crippen LogP) is 2.18. The normalized spacial score (nSPS) is 24.0. The Labute approximate surface area is 152 Å². The number of anilines is 1. The summed E-state index contributed by atoms with van der Waals surface area (Å²) in [5.74, 6) is -0.144. The first-order valence-electron chi connectivity index (χ1n) is 9.04. The molecule has 1 fully saturated rings. The van der Waals surface area contributed by atoms with E-state index in [1.165, 1.54) is 16.8 Å². The van der Waals surface area contributed by atoms with Gasteiger partial charge in [-0.1, -0.05) is 6.08 Å². The highest BCUT2D eigenvalue weighted by atomic mass is 19.1. The lowest BCUT2D eigenvalue weighted by Crippen LogP contribution is -2.47. The van der Waals surface area contributed by atoms with Gasteiger partial charge in [-0.15, -0.1) is 0 Å². The summed E-state index contributed by atoms with van der Waals surface area (Å²) >= 11 is 0. The van der Waals surface area contributed by atoms with E-state index in [1.54, 1.807) is 6.07 Å². The van der Waals surface area contributed by atoms with Crippen LogP contribution in [-0.4, -0.2) is 42.3 Å². The van der Waals surface area contributed by atoms with Crippen LogP contribution in [0.15, 0.2) is 65.8 Å². The van der Waals surface area contributed by atoms with Crippen LogP contribution in [0.3, 0.4) is 0 Å². The van der Waals surface area contributed by atoms with Crippen LogP contribution >= 0.6 is 0 Å². The van der Waals surface area contributed by atoms with E-state index < -0.39 is 0 Å². The molecule has 1 unspecified atom stereocenters. The first kappa shape index (κ1) is 15.5. The summed E-state index contributed by atoms with van der Waals surface area (Å²) in [5, 5.41) is 5.56. The minimum Gasteiger partial charge on any atom is -0.366 e. The van der Waals surface area contributed by atoms with E-state index in [4.69, 9.17) is 0 Å². The third-order valence-electron chi connectivity index (χ3n) is 5.49. The number of hydrogen-bond acceptors (Lipinski definition) is 5. The lowest BCUT2D eigenvalue weighted by atomic mass is 10.0. The number of rotatable bonds is 2. The smallest absolute Gasteiger partial charge is 0.126 e. The maximum atomic E-state index is 13.6. The quantitative estimate of drug-likeness (QED) is 0.854. The van der Waals surface area contributed by atoms with Crippen molar-refractivity contribution in [2.45, 2.75) is 13.1 Å². The summed E-state index contributed by atoms with van der Waals surface area (Å²) in [5.41, 5.74) is 9.18. The molecular formula is C20H22FN5. The van der Waals surface area contributed by atoms with Crippen molar-refractivity contribution in [1.82, 2.24) is 20.7 Å². The second-order valence-corrected chi connectivity index (χ2v) is 7.08. The molecule has 4 aliphatic rings. The SMILES string of the molecule is Cc1cc(N2CCN3NCC(C4=CN5C=CNC5C=C4)=C3C2)ccc1F. The highest BCUT2D eigenvalue weighted by Crippen LogP contribution is 2.31. The second kappa shape index (κ2) is 5.92.